The number of rotatable bonds is 11. The van der Waals surface area contributed by atoms with Crippen LogP contribution in [0.15, 0.2) is 101 Å². The van der Waals surface area contributed by atoms with E-state index in [2.05, 4.69) is 0 Å². The summed E-state index contributed by atoms with van der Waals surface area (Å²) in [5.74, 6) is -5.71. The van der Waals surface area contributed by atoms with Crippen LogP contribution in [0.1, 0.15) is 25.3 Å². The van der Waals surface area contributed by atoms with Crippen LogP contribution in [0, 0.1) is 5.92 Å². The minimum Gasteiger partial charge on any atom is -0.465 e. The minimum absolute atomic E-state index is 0.113. The van der Waals surface area contributed by atoms with Crippen LogP contribution in [-0.4, -0.2) is 46.6 Å². The molecule has 3 aromatic rings. The normalized spacial score (nSPS) is 12.8. The molecule has 0 aliphatic carbocycles. The van der Waals surface area contributed by atoms with Crippen molar-refractivity contribution in [2.75, 3.05) is 13.2 Å². The number of benzene rings is 3. The second-order valence-corrected chi connectivity index (χ2v) is 12.4. The number of carbonyl (C=O) groups is 2. The van der Waals surface area contributed by atoms with E-state index in [0.717, 1.165) is 0 Å². The Hall–Kier alpha value is -3.50. The highest BCUT2D eigenvalue weighted by molar-refractivity contribution is 8.09. The van der Waals surface area contributed by atoms with Gasteiger partial charge < -0.3 is 9.47 Å². The van der Waals surface area contributed by atoms with Gasteiger partial charge in [0.25, 0.3) is 0 Å². The van der Waals surface area contributed by atoms with Crippen molar-refractivity contribution in [3.63, 3.8) is 0 Å². The van der Waals surface area contributed by atoms with E-state index in [4.69, 9.17) is 9.47 Å². The molecule has 196 valence electrons. The van der Waals surface area contributed by atoms with Gasteiger partial charge in [-0.1, -0.05) is 66.7 Å². The van der Waals surface area contributed by atoms with Crippen LogP contribution in [0.2, 0.25) is 0 Å². The van der Waals surface area contributed by atoms with Crippen molar-refractivity contribution in [3.05, 3.63) is 96.6 Å². The molecule has 1 atom stereocenters. The van der Waals surface area contributed by atoms with E-state index >= 15 is 0 Å². The first kappa shape index (κ1) is 28.1. The van der Waals surface area contributed by atoms with E-state index in [0.29, 0.717) is 0 Å². The number of sulfone groups is 2. The van der Waals surface area contributed by atoms with Gasteiger partial charge in [-0.25, -0.2) is 16.8 Å². The fourth-order valence-electron chi connectivity index (χ4n) is 4.08. The van der Waals surface area contributed by atoms with E-state index in [1.54, 1.807) is 30.3 Å². The molecule has 1 unspecified atom stereocenters. The summed E-state index contributed by atoms with van der Waals surface area (Å²) in [5.41, 5.74) is 0.151. The molecule has 10 heteroatoms. The number of hydrogen-bond acceptors (Lipinski definition) is 8. The first-order valence-electron chi connectivity index (χ1n) is 11.6. The maximum Gasteiger partial charge on any atom is 0.321 e. The summed E-state index contributed by atoms with van der Waals surface area (Å²) in [6, 6.07) is 21.9. The van der Waals surface area contributed by atoms with Crippen molar-refractivity contribution in [2.24, 2.45) is 5.92 Å². The van der Waals surface area contributed by atoms with E-state index in [-0.39, 0.29) is 28.6 Å². The molecule has 3 rings (SSSR count). The van der Waals surface area contributed by atoms with Crippen molar-refractivity contribution < 1.29 is 35.9 Å². The Labute approximate surface area is 217 Å². The second kappa shape index (κ2) is 12.2. The summed E-state index contributed by atoms with van der Waals surface area (Å²) in [5, 5.41) is 0. The van der Waals surface area contributed by atoms with Crippen molar-refractivity contribution in [2.45, 2.75) is 34.1 Å². The van der Waals surface area contributed by atoms with Gasteiger partial charge in [-0.2, -0.15) is 0 Å². The molecule has 0 saturated carbocycles. The van der Waals surface area contributed by atoms with Crippen LogP contribution in [0.5, 0.6) is 0 Å². The number of esters is 2. The van der Waals surface area contributed by atoms with Gasteiger partial charge in [-0.05, 0) is 43.7 Å². The highest BCUT2D eigenvalue weighted by atomic mass is 32.3. The van der Waals surface area contributed by atoms with Gasteiger partial charge in [0.1, 0.15) is 0 Å². The fraction of sp³-hybridized carbons (Fsp3) is 0.259. The molecule has 0 N–H and O–H groups in total. The van der Waals surface area contributed by atoms with Gasteiger partial charge in [-0.15, -0.1) is 0 Å². The van der Waals surface area contributed by atoms with Crippen LogP contribution in [0.4, 0.5) is 0 Å². The lowest BCUT2D eigenvalue weighted by molar-refractivity contribution is -0.162. The molecule has 8 nitrogen and oxygen atoms in total. The van der Waals surface area contributed by atoms with E-state index in [1.807, 2.05) is 0 Å². The molecule has 3 aromatic carbocycles. The molecular weight excluding hydrogens is 516 g/mol. The van der Waals surface area contributed by atoms with Crippen molar-refractivity contribution >= 4 is 31.6 Å². The summed E-state index contributed by atoms with van der Waals surface area (Å²) in [6.45, 7) is 2.82. The van der Waals surface area contributed by atoms with E-state index in [1.165, 1.54) is 74.5 Å². The Morgan fingerprint density at radius 3 is 1.32 bits per heavy atom. The third-order valence-electron chi connectivity index (χ3n) is 5.67. The van der Waals surface area contributed by atoms with Crippen molar-refractivity contribution in [1.29, 1.82) is 0 Å². The molecule has 0 aliphatic heterocycles. The molecule has 0 heterocycles. The maximum absolute atomic E-state index is 14.1. The predicted octanol–water partition coefficient (Wildman–Crippen LogP) is 3.79. The lowest BCUT2D eigenvalue weighted by Gasteiger charge is -2.31. The van der Waals surface area contributed by atoms with Gasteiger partial charge in [0.15, 0.2) is 30.2 Å². The van der Waals surface area contributed by atoms with Crippen molar-refractivity contribution in [1.82, 2.24) is 0 Å². The zero-order valence-electron chi connectivity index (χ0n) is 20.4. The van der Waals surface area contributed by atoms with Crippen LogP contribution in [0.25, 0.3) is 0 Å². The highest BCUT2D eigenvalue weighted by Crippen LogP contribution is 2.41. The monoisotopic (exact) mass is 544 g/mol. The van der Waals surface area contributed by atoms with Gasteiger partial charge >= 0.3 is 11.9 Å². The zero-order valence-corrected chi connectivity index (χ0v) is 22.0. The Morgan fingerprint density at radius 2 is 0.973 bits per heavy atom. The standard InChI is InChI=1S/C27H28O8S2/c1-3-34-25(28)24(26(29)35-4-2)23(20-14-8-5-9-15-20)27(36(30,31)21-16-10-6-11-17-21)37(32,33)22-18-12-7-13-19-22/h5-19,23-24,27H,3-4H2,1-2H3. The van der Waals surface area contributed by atoms with Crippen molar-refractivity contribution in [3.8, 4) is 0 Å². The quantitative estimate of drug-likeness (QED) is 0.264. The first-order chi connectivity index (χ1) is 17.7. The third kappa shape index (κ3) is 6.08. The van der Waals surface area contributed by atoms with Crippen LogP contribution < -0.4 is 0 Å². The third-order valence-corrected chi connectivity index (χ3v) is 10.9. The predicted molar refractivity (Wildman–Crippen MR) is 137 cm³/mol. The molecule has 0 spiro atoms. The second-order valence-electron chi connectivity index (χ2n) is 8.00. The SMILES string of the molecule is CCOC(=O)C(C(=O)OCC)C(c1ccccc1)C(S(=O)(=O)c1ccccc1)S(=O)(=O)c1ccccc1. The highest BCUT2D eigenvalue weighted by Gasteiger charge is 2.53. The molecular formula is C27H28O8S2. The zero-order chi connectivity index (χ0) is 27.1. The van der Waals surface area contributed by atoms with Crippen LogP contribution in [0.3, 0.4) is 0 Å². The topological polar surface area (TPSA) is 121 Å². The van der Waals surface area contributed by atoms with Gasteiger partial charge in [0, 0.05) is 5.92 Å². The van der Waals surface area contributed by atoms with E-state index < -0.39 is 48.0 Å². The summed E-state index contributed by atoms with van der Waals surface area (Å²) >= 11 is 0. The van der Waals surface area contributed by atoms with Gasteiger partial charge in [0.2, 0.25) is 0 Å². The molecule has 0 aliphatic rings. The molecule has 0 fully saturated rings. The average molecular weight is 545 g/mol. The average Bonchev–Trinajstić information content (AvgIpc) is 2.90. The summed E-state index contributed by atoms with van der Waals surface area (Å²) in [4.78, 5) is 25.8. The number of hydrogen-bond donors (Lipinski definition) is 0. The summed E-state index contributed by atoms with van der Waals surface area (Å²) in [7, 11) is -9.40. The number of carbonyl (C=O) groups excluding carboxylic acids is 2. The molecule has 0 saturated heterocycles. The smallest absolute Gasteiger partial charge is 0.321 e. The Balaban J connectivity index is 2.42. The lowest BCUT2D eigenvalue weighted by atomic mass is 9.87. The molecule has 0 aromatic heterocycles. The fourth-order valence-corrected chi connectivity index (χ4v) is 9.09. The molecule has 37 heavy (non-hydrogen) atoms. The largest absolute Gasteiger partial charge is 0.465 e. The Morgan fingerprint density at radius 1 is 0.622 bits per heavy atom. The molecule has 0 amide bonds. The number of ether oxygens (including phenoxy) is 2. The minimum atomic E-state index is -4.70. The molecule has 0 radical (unpaired) electrons. The first-order valence-corrected chi connectivity index (χ1v) is 14.7. The van der Waals surface area contributed by atoms with Crippen LogP contribution >= 0.6 is 0 Å². The molecule has 0 bridgehead atoms. The summed E-state index contributed by atoms with van der Waals surface area (Å²) in [6.07, 6.45) is 0. The van der Waals surface area contributed by atoms with Crippen LogP contribution in [-0.2, 0) is 38.7 Å². The Bertz CT molecular complexity index is 1320. The lowest BCUT2D eigenvalue weighted by Crippen LogP contribution is -2.45. The Kier molecular flexibility index (Phi) is 9.23. The van der Waals surface area contributed by atoms with Gasteiger partial charge in [-0.3, -0.25) is 9.59 Å². The van der Waals surface area contributed by atoms with E-state index in [9.17, 15) is 26.4 Å². The maximum atomic E-state index is 14.1. The van der Waals surface area contributed by atoms with Gasteiger partial charge in [0.05, 0.1) is 23.0 Å². The summed E-state index contributed by atoms with van der Waals surface area (Å²) < 4.78 is 64.6.